The Hall–Kier alpha value is -2.37. The maximum atomic E-state index is 13.1. The Labute approximate surface area is 149 Å². The molecule has 1 amide bonds. The lowest BCUT2D eigenvalue weighted by Gasteiger charge is -2.37. The van der Waals surface area contributed by atoms with E-state index in [9.17, 15) is 4.79 Å². The molecule has 5 heteroatoms. The van der Waals surface area contributed by atoms with Crippen molar-refractivity contribution in [3.63, 3.8) is 0 Å². The van der Waals surface area contributed by atoms with Crippen LogP contribution < -0.4 is 10.1 Å². The second kappa shape index (κ2) is 8.14. The quantitative estimate of drug-likeness (QED) is 0.910. The summed E-state index contributed by atoms with van der Waals surface area (Å²) < 4.78 is 5.24. The molecule has 0 radical (unpaired) electrons. The van der Waals surface area contributed by atoms with E-state index in [0.29, 0.717) is 0 Å². The van der Waals surface area contributed by atoms with Gasteiger partial charge in [0, 0.05) is 37.9 Å². The fraction of sp³-hybridized carbons (Fsp3) is 0.350. The highest BCUT2D eigenvalue weighted by Crippen LogP contribution is 2.25. The molecule has 0 bridgehead atoms. The number of benzene rings is 2. The third-order valence-corrected chi connectivity index (χ3v) is 4.60. The molecule has 1 saturated heterocycles. The first-order chi connectivity index (χ1) is 12.2. The van der Waals surface area contributed by atoms with E-state index in [4.69, 9.17) is 4.74 Å². The summed E-state index contributed by atoms with van der Waals surface area (Å²) >= 11 is 0. The van der Waals surface area contributed by atoms with Gasteiger partial charge in [-0.2, -0.15) is 0 Å². The molecule has 1 heterocycles. The summed E-state index contributed by atoms with van der Waals surface area (Å²) in [6.45, 7) is 3.69. The van der Waals surface area contributed by atoms with Crippen LogP contribution in [0.2, 0.25) is 0 Å². The van der Waals surface area contributed by atoms with E-state index in [1.165, 1.54) is 0 Å². The molecule has 2 aromatic carbocycles. The molecule has 5 nitrogen and oxygen atoms in total. The maximum Gasteiger partial charge on any atom is 0.246 e. The van der Waals surface area contributed by atoms with Crippen molar-refractivity contribution in [2.24, 2.45) is 0 Å². The number of carbonyl (C=O) groups excluding carboxylic acids is 1. The lowest BCUT2D eigenvalue weighted by atomic mass is 10.0. The van der Waals surface area contributed by atoms with Crippen LogP contribution in [0, 0.1) is 0 Å². The average molecular weight is 339 g/mol. The van der Waals surface area contributed by atoms with Crippen LogP contribution >= 0.6 is 0 Å². The van der Waals surface area contributed by atoms with Gasteiger partial charge in [-0.3, -0.25) is 9.69 Å². The van der Waals surface area contributed by atoms with Crippen LogP contribution in [0.15, 0.2) is 54.6 Å². The minimum absolute atomic E-state index is 0.0102. The molecule has 132 valence electrons. The molecule has 1 unspecified atom stereocenters. The molecule has 1 aliphatic heterocycles. The molecule has 3 rings (SSSR count). The predicted octanol–water partition coefficient (Wildman–Crippen LogP) is 2.62. The highest BCUT2D eigenvalue weighted by Gasteiger charge is 2.29. The Morgan fingerprint density at radius 2 is 1.76 bits per heavy atom. The van der Waals surface area contributed by atoms with Gasteiger partial charge in [-0.05, 0) is 24.7 Å². The fourth-order valence-electron chi connectivity index (χ4n) is 3.15. The lowest BCUT2D eigenvalue weighted by Crippen LogP contribution is -2.48. The van der Waals surface area contributed by atoms with Crippen molar-refractivity contribution in [1.29, 1.82) is 0 Å². The van der Waals surface area contributed by atoms with Crippen LogP contribution in [0.1, 0.15) is 11.6 Å². The van der Waals surface area contributed by atoms with Gasteiger partial charge in [-0.1, -0.05) is 36.4 Å². The molecule has 0 spiro atoms. The van der Waals surface area contributed by atoms with E-state index in [0.717, 1.165) is 43.2 Å². The molecule has 0 saturated carbocycles. The third-order valence-electron chi connectivity index (χ3n) is 4.60. The number of hydrogen-bond donors (Lipinski definition) is 1. The minimum Gasteiger partial charge on any atom is -0.497 e. The summed E-state index contributed by atoms with van der Waals surface area (Å²) in [4.78, 5) is 17.6. The molecule has 2 aromatic rings. The topological polar surface area (TPSA) is 44.8 Å². The largest absolute Gasteiger partial charge is 0.497 e. The number of carbonyl (C=O) groups is 1. The van der Waals surface area contributed by atoms with E-state index >= 15 is 0 Å². The predicted molar refractivity (Wildman–Crippen MR) is 99.9 cm³/mol. The number of rotatable bonds is 5. The number of amides is 1. The van der Waals surface area contributed by atoms with Gasteiger partial charge in [0.1, 0.15) is 11.8 Å². The van der Waals surface area contributed by atoms with Gasteiger partial charge in [-0.15, -0.1) is 0 Å². The molecular formula is C20H25N3O2. The van der Waals surface area contributed by atoms with Crippen molar-refractivity contribution < 1.29 is 9.53 Å². The summed E-state index contributed by atoms with van der Waals surface area (Å²) in [5.74, 6) is 0.720. The molecule has 0 aliphatic carbocycles. The second-order valence-electron chi connectivity index (χ2n) is 6.37. The van der Waals surface area contributed by atoms with Gasteiger partial charge < -0.3 is 15.0 Å². The van der Waals surface area contributed by atoms with Crippen molar-refractivity contribution >= 4 is 11.6 Å². The Morgan fingerprint density at radius 3 is 2.44 bits per heavy atom. The number of hydrogen-bond acceptors (Lipinski definition) is 4. The number of likely N-dealkylation sites (N-methyl/N-ethyl adjacent to an activating group) is 1. The van der Waals surface area contributed by atoms with Crippen LogP contribution in [0.3, 0.4) is 0 Å². The SMILES string of the molecule is COc1cccc(NC(=O)C(c2ccccc2)N2CCN(C)CC2)c1. The molecule has 1 atom stereocenters. The summed E-state index contributed by atoms with van der Waals surface area (Å²) in [7, 11) is 3.74. The second-order valence-corrected chi connectivity index (χ2v) is 6.37. The van der Waals surface area contributed by atoms with E-state index < -0.39 is 0 Å². The Morgan fingerprint density at radius 1 is 1.04 bits per heavy atom. The zero-order chi connectivity index (χ0) is 17.6. The average Bonchev–Trinajstić information content (AvgIpc) is 2.64. The highest BCUT2D eigenvalue weighted by molar-refractivity contribution is 5.95. The Balaban J connectivity index is 1.82. The van der Waals surface area contributed by atoms with Gasteiger partial charge in [0.15, 0.2) is 0 Å². The monoisotopic (exact) mass is 339 g/mol. The summed E-state index contributed by atoms with van der Waals surface area (Å²) in [6, 6.07) is 17.2. The van der Waals surface area contributed by atoms with Crippen LogP contribution in [0.5, 0.6) is 5.75 Å². The van der Waals surface area contributed by atoms with Crippen molar-refractivity contribution in [2.75, 3.05) is 45.7 Å². The number of methoxy groups -OCH3 is 1. The van der Waals surface area contributed by atoms with Gasteiger partial charge in [0.2, 0.25) is 5.91 Å². The van der Waals surface area contributed by atoms with Crippen molar-refractivity contribution in [2.45, 2.75) is 6.04 Å². The molecule has 1 fully saturated rings. The van der Waals surface area contributed by atoms with E-state index in [-0.39, 0.29) is 11.9 Å². The first kappa shape index (κ1) is 17.5. The molecular weight excluding hydrogens is 314 g/mol. The normalized spacial score (nSPS) is 17.0. The smallest absolute Gasteiger partial charge is 0.246 e. The van der Waals surface area contributed by atoms with Gasteiger partial charge in [0.05, 0.1) is 7.11 Å². The summed E-state index contributed by atoms with van der Waals surface area (Å²) in [5, 5.41) is 3.05. The number of anilines is 1. The summed E-state index contributed by atoms with van der Waals surface area (Å²) in [6.07, 6.45) is 0. The van der Waals surface area contributed by atoms with E-state index in [1.54, 1.807) is 7.11 Å². The van der Waals surface area contributed by atoms with Crippen LogP contribution in [0.4, 0.5) is 5.69 Å². The number of nitrogens with one attached hydrogen (secondary N) is 1. The minimum atomic E-state index is -0.291. The van der Waals surface area contributed by atoms with Crippen molar-refractivity contribution in [3.05, 3.63) is 60.2 Å². The molecule has 1 N–H and O–H groups in total. The number of piperazine rings is 1. The van der Waals surface area contributed by atoms with Gasteiger partial charge >= 0.3 is 0 Å². The lowest BCUT2D eigenvalue weighted by molar-refractivity contribution is -0.122. The third kappa shape index (κ3) is 4.38. The van der Waals surface area contributed by atoms with Crippen molar-refractivity contribution in [1.82, 2.24) is 9.80 Å². The Kier molecular flexibility index (Phi) is 5.68. The molecule has 0 aromatic heterocycles. The van der Waals surface area contributed by atoms with Crippen molar-refractivity contribution in [3.8, 4) is 5.75 Å². The fourth-order valence-corrected chi connectivity index (χ4v) is 3.15. The maximum absolute atomic E-state index is 13.1. The highest BCUT2D eigenvalue weighted by atomic mass is 16.5. The first-order valence-electron chi connectivity index (χ1n) is 8.60. The molecule has 25 heavy (non-hydrogen) atoms. The van der Waals surface area contributed by atoms with Gasteiger partial charge in [-0.25, -0.2) is 0 Å². The van der Waals surface area contributed by atoms with Crippen LogP contribution in [0.25, 0.3) is 0 Å². The zero-order valence-electron chi connectivity index (χ0n) is 14.8. The summed E-state index contributed by atoms with van der Waals surface area (Å²) in [5.41, 5.74) is 1.77. The van der Waals surface area contributed by atoms with E-state index in [2.05, 4.69) is 22.2 Å². The first-order valence-corrected chi connectivity index (χ1v) is 8.60. The number of nitrogens with zero attached hydrogens (tertiary/aromatic N) is 2. The zero-order valence-corrected chi connectivity index (χ0v) is 14.8. The number of ether oxygens (including phenoxy) is 1. The molecule has 1 aliphatic rings. The standard InChI is InChI=1S/C20H25N3O2/c1-22-11-13-23(14-12-22)19(16-7-4-3-5-8-16)20(24)21-17-9-6-10-18(15-17)25-2/h3-10,15,19H,11-14H2,1-2H3,(H,21,24). The van der Waals surface area contributed by atoms with E-state index in [1.807, 2.05) is 54.6 Å². The van der Waals surface area contributed by atoms with Gasteiger partial charge in [0.25, 0.3) is 0 Å². The van der Waals surface area contributed by atoms with Crippen LogP contribution in [-0.4, -0.2) is 56.0 Å². The Bertz CT molecular complexity index is 697. The van der Waals surface area contributed by atoms with Crippen LogP contribution in [-0.2, 0) is 4.79 Å².